The van der Waals surface area contributed by atoms with E-state index in [1.54, 1.807) is 30.0 Å². The third-order valence-corrected chi connectivity index (χ3v) is 5.43. The summed E-state index contributed by atoms with van der Waals surface area (Å²) in [5.41, 5.74) is -1.06. The summed E-state index contributed by atoms with van der Waals surface area (Å²) >= 11 is 6.26. The van der Waals surface area contributed by atoms with Crippen molar-refractivity contribution < 1.29 is 24.2 Å². The van der Waals surface area contributed by atoms with Gasteiger partial charge >= 0.3 is 6.09 Å². The van der Waals surface area contributed by atoms with Crippen molar-refractivity contribution in [3.8, 4) is 5.75 Å². The lowest BCUT2D eigenvalue weighted by Crippen LogP contribution is -2.60. The maximum atomic E-state index is 13.1. The number of fused-ring (bicyclic) bond motifs is 1. The molecule has 0 saturated carbocycles. The average Bonchev–Trinajstić information content (AvgIpc) is 2.55. The topological polar surface area (TPSA) is 76.1 Å². The van der Waals surface area contributed by atoms with E-state index in [0.717, 1.165) is 0 Å². The molecule has 2 aliphatic rings. The number of likely N-dealkylation sites (tertiary alicyclic amines) is 1. The van der Waals surface area contributed by atoms with Crippen molar-refractivity contribution in [3.05, 3.63) is 28.8 Å². The number of hydrogen-bond donors (Lipinski definition) is 1. The molecule has 0 radical (unpaired) electrons. The fourth-order valence-corrected chi connectivity index (χ4v) is 4.16. The number of carbonyl (C=O) groups is 2. The second kappa shape index (κ2) is 6.99. The van der Waals surface area contributed by atoms with E-state index in [0.29, 0.717) is 42.3 Å². The lowest BCUT2D eigenvalue weighted by Gasteiger charge is -2.49. The summed E-state index contributed by atoms with van der Waals surface area (Å²) in [6.07, 6.45) is -0.430. The third kappa shape index (κ3) is 3.78. The third-order valence-electron chi connectivity index (χ3n) is 5.13. The molecular weight excluding hydrogens is 370 g/mol. The first kappa shape index (κ1) is 20.0. The monoisotopic (exact) mass is 395 g/mol. The van der Waals surface area contributed by atoms with Gasteiger partial charge in [0.25, 0.3) is 0 Å². The van der Waals surface area contributed by atoms with E-state index in [1.807, 2.05) is 20.8 Å². The maximum absolute atomic E-state index is 13.1. The van der Waals surface area contributed by atoms with Crippen molar-refractivity contribution >= 4 is 23.5 Å². The second-order valence-electron chi connectivity index (χ2n) is 8.33. The largest absolute Gasteiger partial charge is 0.484 e. The van der Waals surface area contributed by atoms with E-state index < -0.39 is 23.2 Å². The minimum absolute atomic E-state index is 0.167. The number of benzene rings is 1. The van der Waals surface area contributed by atoms with Gasteiger partial charge in [-0.3, -0.25) is 4.79 Å². The first-order chi connectivity index (χ1) is 12.5. The van der Waals surface area contributed by atoms with Crippen LogP contribution in [0, 0.1) is 5.92 Å². The van der Waals surface area contributed by atoms with Crippen LogP contribution in [-0.2, 0) is 4.74 Å². The van der Waals surface area contributed by atoms with Crippen molar-refractivity contribution in [1.29, 1.82) is 0 Å². The highest BCUT2D eigenvalue weighted by atomic mass is 35.5. The number of aliphatic hydroxyl groups is 1. The number of hydrogen-bond acceptors (Lipinski definition) is 5. The number of carbonyl (C=O) groups excluding carboxylic acids is 2. The Morgan fingerprint density at radius 2 is 2.00 bits per heavy atom. The highest BCUT2D eigenvalue weighted by Gasteiger charge is 2.54. The highest BCUT2D eigenvalue weighted by Crippen LogP contribution is 2.46. The SMILES string of the molecule is CC(O)C1C(=O)c2cccc(Cl)c2OC12CCN(C(=O)OC(C)(C)C)CC2. The molecule has 1 aromatic rings. The molecule has 0 bridgehead atoms. The first-order valence-electron chi connectivity index (χ1n) is 9.22. The average molecular weight is 396 g/mol. The number of nitrogens with zero attached hydrogens (tertiary/aromatic N) is 1. The summed E-state index contributed by atoms with van der Waals surface area (Å²) in [5.74, 6) is -0.504. The quantitative estimate of drug-likeness (QED) is 0.784. The Morgan fingerprint density at radius 3 is 2.56 bits per heavy atom. The first-order valence-corrected chi connectivity index (χ1v) is 9.60. The van der Waals surface area contributed by atoms with Gasteiger partial charge in [-0.25, -0.2) is 4.79 Å². The number of ketones is 1. The molecule has 2 aliphatic heterocycles. The van der Waals surface area contributed by atoms with Gasteiger partial charge < -0.3 is 19.5 Å². The Morgan fingerprint density at radius 1 is 1.37 bits per heavy atom. The zero-order valence-corrected chi connectivity index (χ0v) is 16.9. The maximum Gasteiger partial charge on any atom is 0.410 e. The molecule has 148 valence electrons. The van der Waals surface area contributed by atoms with Gasteiger partial charge in [0.1, 0.15) is 17.0 Å². The van der Waals surface area contributed by atoms with Crippen molar-refractivity contribution in [2.24, 2.45) is 5.92 Å². The van der Waals surface area contributed by atoms with Gasteiger partial charge in [-0.2, -0.15) is 0 Å². The molecule has 1 aromatic carbocycles. The van der Waals surface area contributed by atoms with Crippen LogP contribution in [0.2, 0.25) is 5.02 Å². The molecule has 1 fully saturated rings. The smallest absolute Gasteiger partial charge is 0.410 e. The fourth-order valence-electron chi connectivity index (χ4n) is 3.95. The lowest BCUT2D eigenvalue weighted by molar-refractivity contribution is -0.0762. The Balaban J connectivity index is 1.86. The summed E-state index contributed by atoms with van der Waals surface area (Å²) in [6.45, 7) is 7.82. The van der Waals surface area contributed by atoms with Gasteiger partial charge in [-0.05, 0) is 39.8 Å². The van der Waals surface area contributed by atoms with E-state index in [1.165, 1.54) is 0 Å². The molecule has 1 N–H and O–H groups in total. The molecule has 1 spiro atoms. The minimum Gasteiger partial charge on any atom is -0.484 e. The summed E-state index contributed by atoms with van der Waals surface area (Å²) in [4.78, 5) is 27.0. The molecule has 6 nitrogen and oxygen atoms in total. The minimum atomic E-state index is -0.887. The van der Waals surface area contributed by atoms with Gasteiger partial charge in [0.15, 0.2) is 5.78 Å². The predicted molar refractivity (Wildman–Crippen MR) is 101 cm³/mol. The van der Waals surface area contributed by atoms with Crippen LogP contribution in [0.3, 0.4) is 0 Å². The fraction of sp³-hybridized carbons (Fsp3) is 0.600. The molecule has 1 saturated heterocycles. The molecule has 0 aliphatic carbocycles. The van der Waals surface area contributed by atoms with Crippen molar-refractivity contribution in [2.75, 3.05) is 13.1 Å². The predicted octanol–water partition coefficient (Wildman–Crippen LogP) is 3.68. The number of ether oxygens (including phenoxy) is 2. The van der Waals surface area contributed by atoms with Crippen LogP contribution < -0.4 is 4.74 Å². The summed E-state index contributed by atoms with van der Waals surface area (Å²) in [5, 5.41) is 10.7. The van der Waals surface area contributed by atoms with Crippen molar-refractivity contribution in [2.45, 2.75) is 57.8 Å². The van der Waals surface area contributed by atoms with Crippen LogP contribution in [0.1, 0.15) is 50.9 Å². The van der Waals surface area contributed by atoms with Crippen LogP contribution in [-0.4, -0.2) is 52.3 Å². The van der Waals surface area contributed by atoms with Crippen LogP contribution in [0.25, 0.3) is 0 Å². The summed E-state index contributed by atoms with van der Waals surface area (Å²) in [7, 11) is 0. The van der Waals surface area contributed by atoms with E-state index >= 15 is 0 Å². The molecule has 2 heterocycles. The van der Waals surface area contributed by atoms with Gasteiger partial charge in [0.05, 0.1) is 22.6 Å². The molecule has 27 heavy (non-hydrogen) atoms. The summed E-state index contributed by atoms with van der Waals surface area (Å²) < 4.78 is 11.7. The van der Waals surface area contributed by atoms with Crippen LogP contribution in [0.15, 0.2) is 18.2 Å². The Kier molecular flexibility index (Phi) is 5.16. The van der Waals surface area contributed by atoms with Crippen LogP contribution in [0.5, 0.6) is 5.75 Å². The Bertz CT molecular complexity index is 747. The molecular formula is C20H26ClNO5. The number of halogens is 1. The van der Waals surface area contributed by atoms with Gasteiger partial charge in [0, 0.05) is 25.9 Å². The van der Waals surface area contributed by atoms with E-state index in [-0.39, 0.29) is 11.9 Å². The van der Waals surface area contributed by atoms with Gasteiger partial charge in [-0.1, -0.05) is 17.7 Å². The number of amides is 1. The second-order valence-corrected chi connectivity index (χ2v) is 8.74. The molecule has 7 heteroatoms. The Labute approximate surface area is 164 Å². The van der Waals surface area contributed by atoms with Crippen LogP contribution in [0.4, 0.5) is 4.79 Å². The highest BCUT2D eigenvalue weighted by molar-refractivity contribution is 6.32. The number of piperidine rings is 1. The molecule has 1 amide bonds. The van der Waals surface area contributed by atoms with Crippen molar-refractivity contribution in [3.63, 3.8) is 0 Å². The molecule has 2 atom stereocenters. The van der Waals surface area contributed by atoms with E-state index in [9.17, 15) is 14.7 Å². The number of Topliss-reactive ketones (excluding diaryl/α,β-unsaturated/α-hetero) is 1. The standard InChI is InChI=1S/C20H26ClNO5/c1-12(23)15-16(24)13-6-5-7-14(21)17(13)26-20(15)8-10-22(11-9-20)18(25)27-19(2,3)4/h5-7,12,15,23H,8-11H2,1-4H3. The van der Waals surface area contributed by atoms with Crippen molar-refractivity contribution in [1.82, 2.24) is 4.90 Å². The number of para-hydroxylation sites is 1. The van der Waals surface area contributed by atoms with Gasteiger partial charge in [-0.15, -0.1) is 0 Å². The van der Waals surface area contributed by atoms with Gasteiger partial charge in [0.2, 0.25) is 0 Å². The molecule has 3 rings (SSSR count). The van der Waals surface area contributed by atoms with Crippen LogP contribution >= 0.6 is 11.6 Å². The Hall–Kier alpha value is -1.79. The lowest BCUT2D eigenvalue weighted by atomic mass is 9.71. The zero-order valence-electron chi connectivity index (χ0n) is 16.1. The van der Waals surface area contributed by atoms with E-state index in [4.69, 9.17) is 21.1 Å². The zero-order chi connectivity index (χ0) is 20.0. The molecule has 0 aromatic heterocycles. The normalized spacial score (nSPS) is 22.8. The summed E-state index contributed by atoms with van der Waals surface area (Å²) in [6, 6.07) is 5.05. The van der Waals surface area contributed by atoms with E-state index in [2.05, 4.69) is 0 Å². The number of aliphatic hydroxyl groups excluding tert-OH is 1. The number of rotatable bonds is 1. The molecule has 2 unspecified atom stereocenters.